The van der Waals surface area contributed by atoms with Gasteiger partial charge in [0, 0.05) is 11.6 Å². The quantitative estimate of drug-likeness (QED) is 0.421. The molecule has 0 aliphatic carbocycles. The zero-order chi connectivity index (χ0) is 22.5. The molecule has 3 aromatic rings. The van der Waals surface area contributed by atoms with Crippen LogP contribution in [0, 0.1) is 0 Å². The molecule has 1 fully saturated rings. The van der Waals surface area contributed by atoms with Crippen molar-refractivity contribution in [2.24, 2.45) is 0 Å². The number of rotatable bonds is 3. The molecule has 0 aromatic heterocycles. The van der Waals surface area contributed by atoms with Crippen molar-refractivity contribution in [3.05, 3.63) is 90.0 Å². The van der Waals surface area contributed by atoms with Crippen LogP contribution in [0.3, 0.4) is 0 Å². The molecule has 6 heteroatoms. The van der Waals surface area contributed by atoms with Gasteiger partial charge in [-0.25, -0.2) is 0 Å². The van der Waals surface area contributed by atoms with Gasteiger partial charge in [0.2, 0.25) is 5.91 Å². The summed E-state index contributed by atoms with van der Waals surface area (Å²) < 4.78 is 5.32. The Morgan fingerprint density at radius 1 is 0.969 bits per heavy atom. The molecule has 3 unspecified atom stereocenters. The third kappa shape index (κ3) is 2.84. The number of benzene rings is 3. The molecule has 0 saturated carbocycles. The maximum absolute atomic E-state index is 13.6. The van der Waals surface area contributed by atoms with Crippen molar-refractivity contribution in [3.63, 3.8) is 0 Å². The summed E-state index contributed by atoms with van der Waals surface area (Å²) in [4.78, 5) is 30.3. The molecule has 2 aliphatic heterocycles. The number of hydrogen-bond acceptors (Lipinski definition) is 3. The van der Waals surface area contributed by atoms with Gasteiger partial charge in [-0.2, -0.15) is 0 Å². The number of β-lactam (4-membered cyclic amide) rings is 1. The molecule has 2 heterocycles. The fraction of sp³-hybridized carbons (Fsp3) is 0.231. The number of alkyl halides is 1. The normalized spacial score (nSPS) is 24.2. The van der Waals surface area contributed by atoms with E-state index in [4.69, 9.17) is 16.3 Å². The molecule has 2 aliphatic rings. The highest BCUT2D eigenvalue weighted by atomic mass is 35.5. The average Bonchev–Trinajstić information content (AvgIpc) is 2.94. The Labute approximate surface area is 192 Å². The molecule has 0 spiro atoms. The number of halogens is 1. The lowest BCUT2D eigenvalue weighted by Gasteiger charge is -2.55. The Kier molecular flexibility index (Phi) is 4.94. The summed E-state index contributed by atoms with van der Waals surface area (Å²) in [6, 6.07) is 24.2. The van der Waals surface area contributed by atoms with Crippen LogP contribution < -0.4 is 14.5 Å². The van der Waals surface area contributed by atoms with Crippen LogP contribution in [0.5, 0.6) is 5.75 Å². The first-order chi connectivity index (χ1) is 15.5. The summed E-state index contributed by atoms with van der Waals surface area (Å²) >= 11 is 6.76. The van der Waals surface area contributed by atoms with E-state index in [-0.39, 0.29) is 17.9 Å². The van der Waals surface area contributed by atoms with E-state index >= 15 is 0 Å². The summed E-state index contributed by atoms with van der Waals surface area (Å²) in [6.07, 6.45) is 0.506. The minimum absolute atomic E-state index is 0.100. The molecular formula is C26H23ClN2O3. The number of anilines is 2. The smallest absolute Gasteiger partial charge is 0.258 e. The van der Waals surface area contributed by atoms with E-state index in [1.807, 2.05) is 85.8 Å². The molecule has 2 amide bonds. The SMILES string of the molecule is COc1ccc(C23CC(C)N(C(=O)c4ccccc4)c4ccccc4N2C(=O)C3Cl)cc1. The zero-order valence-electron chi connectivity index (χ0n) is 17.9. The van der Waals surface area contributed by atoms with E-state index in [0.29, 0.717) is 23.4 Å². The highest BCUT2D eigenvalue weighted by Gasteiger charge is 2.63. The van der Waals surface area contributed by atoms with Crippen LogP contribution in [-0.4, -0.2) is 30.3 Å². The summed E-state index contributed by atoms with van der Waals surface area (Å²) in [6.45, 7) is 2.01. The summed E-state index contributed by atoms with van der Waals surface area (Å²) in [5, 5.41) is -0.724. The van der Waals surface area contributed by atoms with Gasteiger partial charge in [0.25, 0.3) is 5.91 Å². The molecule has 5 rings (SSSR count). The van der Waals surface area contributed by atoms with E-state index in [2.05, 4.69) is 0 Å². The van der Waals surface area contributed by atoms with Crippen LogP contribution in [-0.2, 0) is 10.3 Å². The second kappa shape index (κ2) is 7.68. The van der Waals surface area contributed by atoms with Crippen molar-refractivity contribution in [2.75, 3.05) is 16.9 Å². The predicted molar refractivity (Wildman–Crippen MR) is 126 cm³/mol. The minimum atomic E-state index is -0.758. The first kappa shape index (κ1) is 20.6. The van der Waals surface area contributed by atoms with Gasteiger partial charge in [-0.15, -0.1) is 11.6 Å². The predicted octanol–water partition coefficient (Wildman–Crippen LogP) is 4.98. The van der Waals surface area contributed by atoms with Crippen LogP contribution in [0.4, 0.5) is 11.4 Å². The van der Waals surface area contributed by atoms with Gasteiger partial charge >= 0.3 is 0 Å². The number of carbonyl (C=O) groups is 2. The maximum atomic E-state index is 13.6. The van der Waals surface area contributed by atoms with E-state index in [1.54, 1.807) is 16.9 Å². The van der Waals surface area contributed by atoms with Gasteiger partial charge in [-0.1, -0.05) is 42.5 Å². The monoisotopic (exact) mass is 446 g/mol. The lowest BCUT2D eigenvalue weighted by atomic mass is 9.72. The molecule has 162 valence electrons. The summed E-state index contributed by atoms with van der Waals surface area (Å²) in [7, 11) is 1.62. The number of fused-ring (bicyclic) bond motifs is 3. The Bertz CT molecular complexity index is 1180. The Morgan fingerprint density at radius 2 is 1.59 bits per heavy atom. The molecule has 0 N–H and O–H groups in total. The lowest BCUT2D eigenvalue weighted by Crippen LogP contribution is -2.71. The number of carbonyl (C=O) groups excluding carboxylic acids is 2. The van der Waals surface area contributed by atoms with Crippen molar-refractivity contribution in [2.45, 2.75) is 30.3 Å². The number of nitrogens with zero attached hydrogens (tertiary/aromatic N) is 2. The highest BCUT2D eigenvalue weighted by molar-refractivity contribution is 6.38. The number of hydrogen-bond donors (Lipinski definition) is 0. The zero-order valence-corrected chi connectivity index (χ0v) is 18.6. The van der Waals surface area contributed by atoms with Gasteiger partial charge in [0.15, 0.2) is 0 Å². The van der Waals surface area contributed by atoms with Crippen LogP contribution in [0.25, 0.3) is 0 Å². The third-order valence-electron chi connectivity index (χ3n) is 6.51. The van der Waals surface area contributed by atoms with Gasteiger partial charge in [0.1, 0.15) is 16.7 Å². The Hall–Kier alpha value is -3.31. The fourth-order valence-electron chi connectivity index (χ4n) is 5.03. The molecular weight excluding hydrogens is 424 g/mol. The van der Waals surface area contributed by atoms with Crippen molar-refractivity contribution >= 4 is 34.8 Å². The molecule has 0 bridgehead atoms. The first-order valence-electron chi connectivity index (χ1n) is 10.6. The highest BCUT2D eigenvalue weighted by Crippen LogP contribution is 2.55. The van der Waals surface area contributed by atoms with Crippen molar-refractivity contribution < 1.29 is 14.3 Å². The second-order valence-electron chi connectivity index (χ2n) is 8.27. The Morgan fingerprint density at radius 3 is 2.25 bits per heavy atom. The molecule has 32 heavy (non-hydrogen) atoms. The van der Waals surface area contributed by atoms with Crippen LogP contribution >= 0.6 is 11.6 Å². The van der Waals surface area contributed by atoms with Gasteiger partial charge < -0.3 is 9.64 Å². The van der Waals surface area contributed by atoms with Crippen LogP contribution in [0.15, 0.2) is 78.9 Å². The molecule has 5 nitrogen and oxygen atoms in total. The van der Waals surface area contributed by atoms with Gasteiger partial charge in [-0.05, 0) is 55.3 Å². The Balaban J connectivity index is 1.68. The fourth-order valence-corrected chi connectivity index (χ4v) is 5.44. The maximum Gasteiger partial charge on any atom is 0.258 e. The molecule has 3 aromatic carbocycles. The van der Waals surface area contributed by atoms with E-state index < -0.39 is 10.9 Å². The molecule has 0 radical (unpaired) electrons. The number of methoxy groups -OCH3 is 1. The third-order valence-corrected chi connectivity index (χ3v) is 7.06. The van der Waals surface area contributed by atoms with Crippen molar-refractivity contribution in [3.8, 4) is 5.75 Å². The van der Waals surface area contributed by atoms with E-state index in [1.165, 1.54) is 0 Å². The largest absolute Gasteiger partial charge is 0.497 e. The number of para-hydroxylation sites is 2. The first-order valence-corrected chi connectivity index (χ1v) is 11.0. The summed E-state index contributed by atoms with van der Waals surface area (Å²) in [5.41, 5.74) is 2.17. The molecule has 1 saturated heterocycles. The lowest BCUT2D eigenvalue weighted by molar-refractivity contribution is -0.127. The molecule has 3 atom stereocenters. The second-order valence-corrected chi connectivity index (χ2v) is 8.71. The number of ether oxygens (including phenoxy) is 1. The minimum Gasteiger partial charge on any atom is -0.497 e. The number of amides is 2. The average molecular weight is 447 g/mol. The van der Waals surface area contributed by atoms with Gasteiger partial charge in [0.05, 0.1) is 18.5 Å². The standard InChI is InChI=1S/C26H23ClN2O3/c1-17-16-26(19-12-14-20(32-2)15-13-19)23(27)25(31)29(26)22-11-7-6-10-21(22)28(17)24(30)18-8-4-3-5-9-18/h3-15,17,23H,16H2,1-2H3. The van der Waals surface area contributed by atoms with Crippen molar-refractivity contribution in [1.29, 1.82) is 0 Å². The van der Waals surface area contributed by atoms with Crippen LogP contribution in [0.2, 0.25) is 0 Å². The summed E-state index contributed by atoms with van der Waals surface area (Å²) in [5.74, 6) is 0.476. The topological polar surface area (TPSA) is 49.9 Å². The van der Waals surface area contributed by atoms with E-state index in [9.17, 15) is 9.59 Å². The van der Waals surface area contributed by atoms with E-state index in [0.717, 1.165) is 11.3 Å². The van der Waals surface area contributed by atoms with Gasteiger partial charge in [-0.3, -0.25) is 14.5 Å². The van der Waals surface area contributed by atoms with Crippen LogP contribution in [0.1, 0.15) is 29.3 Å². The van der Waals surface area contributed by atoms with Crippen molar-refractivity contribution in [1.82, 2.24) is 0 Å².